The van der Waals surface area contributed by atoms with Crippen LogP contribution in [0, 0.1) is 0 Å². The van der Waals surface area contributed by atoms with Gasteiger partial charge in [-0.25, -0.2) is 0 Å². The molecule has 1 aliphatic rings. The van der Waals surface area contributed by atoms with E-state index in [4.69, 9.17) is 5.11 Å². The van der Waals surface area contributed by atoms with E-state index in [-0.39, 0.29) is 31.0 Å². The summed E-state index contributed by atoms with van der Waals surface area (Å²) in [5, 5.41) is 11.7. The second kappa shape index (κ2) is 7.86. The number of nitrogens with zero attached hydrogens (tertiary/aromatic N) is 1. The summed E-state index contributed by atoms with van der Waals surface area (Å²) in [5.74, 6) is -1.12. The van der Waals surface area contributed by atoms with E-state index in [1.54, 1.807) is 0 Å². The Balaban J connectivity index is 1.77. The number of halogens is 3. The van der Waals surface area contributed by atoms with E-state index < -0.39 is 17.7 Å². The first-order valence-electron chi connectivity index (χ1n) is 8.10. The molecule has 25 heavy (non-hydrogen) atoms. The molecule has 0 aromatic heterocycles. The summed E-state index contributed by atoms with van der Waals surface area (Å²) >= 11 is 0. The van der Waals surface area contributed by atoms with Crippen molar-refractivity contribution in [1.29, 1.82) is 0 Å². The second-order valence-electron chi connectivity index (χ2n) is 6.22. The van der Waals surface area contributed by atoms with Crippen molar-refractivity contribution >= 4 is 11.9 Å². The van der Waals surface area contributed by atoms with Crippen LogP contribution >= 0.6 is 0 Å². The summed E-state index contributed by atoms with van der Waals surface area (Å²) < 4.78 is 37.5. The summed E-state index contributed by atoms with van der Waals surface area (Å²) in [6.07, 6.45) is -3.01. The van der Waals surface area contributed by atoms with Crippen LogP contribution in [0.15, 0.2) is 24.3 Å². The molecule has 0 spiro atoms. The quantitative estimate of drug-likeness (QED) is 0.785. The predicted molar refractivity (Wildman–Crippen MR) is 85.0 cm³/mol. The van der Waals surface area contributed by atoms with Crippen molar-refractivity contribution in [2.24, 2.45) is 0 Å². The molecule has 1 saturated carbocycles. The number of carbonyl (C=O) groups is 2. The van der Waals surface area contributed by atoms with E-state index in [2.05, 4.69) is 5.32 Å². The lowest BCUT2D eigenvalue weighted by atomic mass is 9.85. The molecule has 0 heterocycles. The Morgan fingerprint density at radius 3 is 2.32 bits per heavy atom. The zero-order valence-electron chi connectivity index (χ0n) is 13.8. The molecular formula is C17H21F3N2O3. The van der Waals surface area contributed by atoms with Crippen LogP contribution < -0.4 is 5.32 Å². The van der Waals surface area contributed by atoms with Gasteiger partial charge in [-0.3, -0.25) is 14.5 Å². The van der Waals surface area contributed by atoms with Crippen LogP contribution in [0.25, 0.3) is 0 Å². The van der Waals surface area contributed by atoms with Crippen molar-refractivity contribution in [1.82, 2.24) is 10.2 Å². The fourth-order valence-electron chi connectivity index (χ4n) is 2.95. The van der Waals surface area contributed by atoms with Gasteiger partial charge in [0, 0.05) is 12.1 Å². The van der Waals surface area contributed by atoms with Crippen LogP contribution in [-0.2, 0) is 22.2 Å². The van der Waals surface area contributed by atoms with E-state index in [1.807, 2.05) is 11.8 Å². The smallest absolute Gasteiger partial charge is 0.416 e. The Morgan fingerprint density at radius 2 is 1.84 bits per heavy atom. The number of amides is 1. The lowest BCUT2D eigenvalue weighted by molar-refractivity contribution is -0.140. The van der Waals surface area contributed by atoms with Crippen molar-refractivity contribution in [2.75, 3.05) is 13.1 Å². The normalized spacial score (nSPS) is 20.2. The fraction of sp³-hybridized carbons (Fsp3) is 0.529. The highest BCUT2D eigenvalue weighted by Gasteiger charge is 2.34. The van der Waals surface area contributed by atoms with Crippen LogP contribution in [0.2, 0.25) is 0 Å². The van der Waals surface area contributed by atoms with Gasteiger partial charge >= 0.3 is 12.1 Å². The number of aliphatic carboxylic acids is 1. The van der Waals surface area contributed by atoms with E-state index in [1.165, 1.54) is 12.1 Å². The zero-order chi connectivity index (χ0) is 18.6. The Bertz CT molecular complexity index is 611. The van der Waals surface area contributed by atoms with Gasteiger partial charge in [-0.2, -0.15) is 13.2 Å². The zero-order valence-corrected chi connectivity index (χ0v) is 13.8. The summed E-state index contributed by atoms with van der Waals surface area (Å²) in [6.45, 7) is 2.50. The molecule has 1 aromatic rings. The third-order valence-electron chi connectivity index (χ3n) is 4.39. The standard InChI is InChI=1S/C17H21F3N2O3/c1-2-22(10-16(24)25)14-8-13(9-14)21-15(23)7-11-3-5-12(6-4-11)17(18,19)20/h3-6,13-14H,2,7-10H2,1H3,(H,21,23)(H,24,25). The monoisotopic (exact) mass is 358 g/mol. The Labute approximate surface area is 143 Å². The van der Waals surface area contributed by atoms with Crippen LogP contribution in [0.4, 0.5) is 13.2 Å². The fourth-order valence-corrected chi connectivity index (χ4v) is 2.95. The highest BCUT2D eigenvalue weighted by atomic mass is 19.4. The number of hydrogen-bond acceptors (Lipinski definition) is 3. The maximum absolute atomic E-state index is 12.5. The summed E-state index contributed by atoms with van der Waals surface area (Å²) in [6, 6.07) is 4.65. The van der Waals surface area contributed by atoms with Gasteiger partial charge in [0.15, 0.2) is 0 Å². The number of rotatable bonds is 7. The minimum Gasteiger partial charge on any atom is -0.480 e. The number of carboxylic acid groups (broad SMARTS) is 1. The van der Waals surface area contributed by atoms with Gasteiger partial charge in [-0.15, -0.1) is 0 Å². The third kappa shape index (κ3) is 5.45. The third-order valence-corrected chi connectivity index (χ3v) is 4.39. The van der Waals surface area contributed by atoms with E-state index in [0.717, 1.165) is 12.1 Å². The van der Waals surface area contributed by atoms with Gasteiger partial charge < -0.3 is 10.4 Å². The first-order chi connectivity index (χ1) is 11.7. The van der Waals surface area contributed by atoms with Crippen molar-refractivity contribution in [3.63, 3.8) is 0 Å². The molecule has 138 valence electrons. The van der Waals surface area contributed by atoms with Gasteiger partial charge in [0.2, 0.25) is 5.91 Å². The average molecular weight is 358 g/mol. The number of nitrogens with one attached hydrogen (secondary N) is 1. The van der Waals surface area contributed by atoms with Crippen LogP contribution in [0.5, 0.6) is 0 Å². The molecule has 0 atom stereocenters. The van der Waals surface area contributed by atoms with Gasteiger partial charge in [0.25, 0.3) is 0 Å². The van der Waals surface area contributed by atoms with E-state index in [9.17, 15) is 22.8 Å². The molecule has 0 aliphatic heterocycles. The van der Waals surface area contributed by atoms with Crippen molar-refractivity contribution in [3.05, 3.63) is 35.4 Å². The largest absolute Gasteiger partial charge is 0.480 e. The van der Waals surface area contributed by atoms with Crippen LogP contribution in [0.1, 0.15) is 30.9 Å². The van der Waals surface area contributed by atoms with Crippen LogP contribution in [0.3, 0.4) is 0 Å². The Kier molecular flexibility index (Phi) is 6.05. The van der Waals surface area contributed by atoms with Gasteiger partial charge in [0.05, 0.1) is 18.5 Å². The minimum absolute atomic E-state index is 0.0187. The van der Waals surface area contributed by atoms with Gasteiger partial charge in [0.1, 0.15) is 0 Å². The summed E-state index contributed by atoms with van der Waals surface area (Å²) in [4.78, 5) is 24.6. The lowest BCUT2D eigenvalue weighted by Crippen LogP contribution is -2.55. The molecule has 0 unspecified atom stereocenters. The van der Waals surface area contributed by atoms with E-state index in [0.29, 0.717) is 24.9 Å². The highest BCUT2D eigenvalue weighted by molar-refractivity contribution is 5.79. The summed E-state index contributed by atoms with van der Waals surface area (Å²) in [7, 11) is 0. The number of hydrogen-bond donors (Lipinski definition) is 2. The predicted octanol–water partition coefficient (Wildman–Crippen LogP) is 2.30. The molecular weight excluding hydrogens is 337 g/mol. The van der Waals surface area contributed by atoms with Crippen LogP contribution in [-0.4, -0.2) is 47.1 Å². The molecule has 2 N–H and O–H groups in total. The molecule has 1 aromatic carbocycles. The summed E-state index contributed by atoms with van der Waals surface area (Å²) in [5.41, 5.74) is -0.223. The molecule has 0 saturated heterocycles. The maximum Gasteiger partial charge on any atom is 0.416 e. The molecule has 8 heteroatoms. The van der Waals surface area contributed by atoms with Crippen molar-refractivity contribution in [3.8, 4) is 0 Å². The molecule has 2 rings (SSSR count). The van der Waals surface area contributed by atoms with Crippen molar-refractivity contribution < 1.29 is 27.9 Å². The lowest BCUT2D eigenvalue weighted by Gasteiger charge is -2.42. The van der Waals surface area contributed by atoms with Gasteiger partial charge in [-0.1, -0.05) is 19.1 Å². The molecule has 1 fully saturated rings. The van der Waals surface area contributed by atoms with Gasteiger partial charge in [-0.05, 0) is 37.1 Å². The first-order valence-corrected chi connectivity index (χ1v) is 8.10. The number of likely N-dealkylation sites (N-methyl/N-ethyl adjacent to an activating group) is 1. The molecule has 5 nitrogen and oxygen atoms in total. The Hall–Kier alpha value is -2.09. The maximum atomic E-state index is 12.5. The number of benzene rings is 1. The molecule has 0 bridgehead atoms. The number of alkyl halides is 3. The SMILES string of the molecule is CCN(CC(=O)O)C1CC(NC(=O)Cc2ccc(C(F)(F)F)cc2)C1. The van der Waals surface area contributed by atoms with E-state index >= 15 is 0 Å². The second-order valence-corrected chi connectivity index (χ2v) is 6.22. The topological polar surface area (TPSA) is 69.6 Å². The molecule has 1 aliphatic carbocycles. The highest BCUT2D eigenvalue weighted by Crippen LogP contribution is 2.29. The van der Waals surface area contributed by atoms with Crippen molar-refractivity contribution in [2.45, 2.75) is 44.4 Å². The average Bonchev–Trinajstić information content (AvgIpc) is 2.48. The number of carboxylic acids is 1. The first kappa shape index (κ1) is 19.2. The molecule has 1 amide bonds. The minimum atomic E-state index is -4.39. The number of carbonyl (C=O) groups excluding carboxylic acids is 1. The Morgan fingerprint density at radius 1 is 1.24 bits per heavy atom. The molecule has 0 radical (unpaired) electrons.